The maximum absolute atomic E-state index is 14.2. The first-order valence-corrected chi connectivity index (χ1v) is 9.56. The first-order chi connectivity index (χ1) is 13.9. The number of fused-ring (bicyclic) bond motifs is 1. The zero-order chi connectivity index (χ0) is 22.5. The number of phenolic OH excluding ortho intramolecular Hbond substituents is 1. The zero-order valence-electron chi connectivity index (χ0n) is 16.8. The van der Waals surface area contributed by atoms with Crippen LogP contribution in [-0.2, 0) is 10.2 Å². The number of aromatic hydroxyl groups is 1. The minimum Gasteiger partial charge on any atom is -0.505 e. The van der Waals surface area contributed by atoms with Gasteiger partial charge in [0.25, 0.3) is 5.91 Å². The standard InChI is InChI=1S/C22H20ClF2NO4/c1-10(2)22(4,21(29)30)19-11(3)26(17-9-16(25)18(27)8-13(17)19)20(28)12-5-6-14(23)15(24)7-12/h5-10,27H,1-4H3,(H,29,30)/t22-/m1/s1. The molecule has 2 N–H and O–H groups in total. The van der Waals surface area contributed by atoms with Crippen LogP contribution in [0.1, 0.15) is 42.4 Å². The SMILES string of the molecule is Cc1c([C@](C)(C(=O)O)C(C)C)c2cc(O)c(F)cc2n1C(=O)c1ccc(Cl)c(F)c1. The van der Waals surface area contributed by atoms with Crippen molar-refractivity contribution in [2.45, 2.75) is 33.1 Å². The Bertz CT molecular complexity index is 1200. The number of benzene rings is 2. The van der Waals surface area contributed by atoms with Crippen molar-refractivity contribution in [3.8, 4) is 5.75 Å². The van der Waals surface area contributed by atoms with E-state index in [0.717, 1.165) is 22.8 Å². The number of carboxylic acids is 1. The maximum atomic E-state index is 14.2. The Morgan fingerprint density at radius 2 is 1.77 bits per heavy atom. The van der Waals surface area contributed by atoms with Crippen LogP contribution < -0.4 is 0 Å². The van der Waals surface area contributed by atoms with E-state index in [-0.39, 0.29) is 32.7 Å². The van der Waals surface area contributed by atoms with Gasteiger partial charge in [-0.1, -0.05) is 25.4 Å². The van der Waals surface area contributed by atoms with Gasteiger partial charge in [0, 0.05) is 22.7 Å². The second kappa shape index (κ2) is 7.40. The van der Waals surface area contributed by atoms with Gasteiger partial charge in [0.2, 0.25) is 0 Å². The number of halogens is 3. The Labute approximate surface area is 176 Å². The summed E-state index contributed by atoms with van der Waals surface area (Å²) in [6.07, 6.45) is 0. The average molecular weight is 436 g/mol. The largest absolute Gasteiger partial charge is 0.505 e. The van der Waals surface area contributed by atoms with E-state index in [1.165, 1.54) is 26.0 Å². The van der Waals surface area contributed by atoms with Crippen LogP contribution in [0.15, 0.2) is 30.3 Å². The molecule has 158 valence electrons. The number of rotatable bonds is 4. The molecule has 8 heteroatoms. The van der Waals surface area contributed by atoms with Crippen LogP contribution in [0.4, 0.5) is 8.78 Å². The van der Waals surface area contributed by atoms with Gasteiger partial charge in [0.1, 0.15) is 5.82 Å². The van der Waals surface area contributed by atoms with E-state index in [0.29, 0.717) is 0 Å². The van der Waals surface area contributed by atoms with Gasteiger partial charge in [-0.3, -0.25) is 14.2 Å². The number of aromatic nitrogens is 1. The quantitative estimate of drug-likeness (QED) is 0.584. The number of carbonyl (C=O) groups is 2. The molecule has 3 rings (SSSR count). The van der Waals surface area contributed by atoms with Crippen LogP contribution in [0.25, 0.3) is 10.9 Å². The van der Waals surface area contributed by atoms with Crippen molar-refractivity contribution >= 4 is 34.4 Å². The molecule has 0 saturated heterocycles. The molecule has 5 nitrogen and oxygen atoms in total. The fraction of sp³-hybridized carbons (Fsp3) is 0.273. The summed E-state index contributed by atoms with van der Waals surface area (Å²) in [4.78, 5) is 25.5. The Morgan fingerprint density at radius 1 is 1.13 bits per heavy atom. The lowest BCUT2D eigenvalue weighted by Gasteiger charge is -2.30. The highest BCUT2D eigenvalue weighted by Gasteiger charge is 2.43. The topological polar surface area (TPSA) is 79.5 Å². The first kappa shape index (κ1) is 21.8. The minimum atomic E-state index is -1.44. The van der Waals surface area contributed by atoms with Crippen molar-refractivity contribution in [3.05, 3.63) is 63.8 Å². The molecule has 2 aromatic carbocycles. The lowest BCUT2D eigenvalue weighted by Crippen LogP contribution is -2.38. The highest BCUT2D eigenvalue weighted by molar-refractivity contribution is 6.30. The van der Waals surface area contributed by atoms with Crippen molar-refractivity contribution in [1.82, 2.24) is 4.57 Å². The third-order valence-corrected chi connectivity index (χ3v) is 6.07. The molecule has 0 amide bonds. The highest BCUT2D eigenvalue weighted by atomic mass is 35.5. The molecule has 30 heavy (non-hydrogen) atoms. The van der Waals surface area contributed by atoms with E-state index >= 15 is 0 Å². The van der Waals surface area contributed by atoms with E-state index < -0.39 is 40.6 Å². The van der Waals surface area contributed by atoms with Gasteiger partial charge in [-0.2, -0.15) is 0 Å². The molecular formula is C22H20ClF2NO4. The number of carboxylic acid groups (broad SMARTS) is 1. The summed E-state index contributed by atoms with van der Waals surface area (Å²) in [7, 11) is 0. The summed E-state index contributed by atoms with van der Waals surface area (Å²) in [5, 5.41) is 20.0. The molecular weight excluding hydrogens is 416 g/mol. The molecule has 0 bridgehead atoms. The summed E-state index contributed by atoms with van der Waals surface area (Å²) in [5.41, 5.74) is -0.875. The Balaban J connectivity index is 2.42. The van der Waals surface area contributed by atoms with Crippen LogP contribution in [0.3, 0.4) is 0 Å². The van der Waals surface area contributed by atoms with Gasteiger partial charge >= 0.3 is 5.97 Å². The Morgan fingerprint density at radius 3 is 2.30 bits per heavy atom. The predicted octanol–water partition coefficient (Wildman–Crippen LogP) is 5.27. The fourth-order valence-corrected chi connectivity index (χ4v) is 3.86. The van der Waals surface area contributed by atoms with Gasteiger partial charge in [-0.25, -0.2) is 8.78 Å². The van der Waals surface area contributed by atoms with E-state index in [2.05, 4.69) is 0 Å². The third kappa shape index (κ3) is 3.13. The van der Waals surface area contributed by atoms with E-state index in [1.807, 2.05) is 0 Å². The van der Waals surface area contributed by atoms with Crippen molar-refractivity contribution in [2.24, 2.45) is 5.92 Å². The van der Waals surface area contributed by atoms with Gasteiger partial charge in [-0.15, -0.1) is 0 Å². The van der Waals surface area contributed by atoms with Crippen LogP contribution in [0, 0.1) is 24.5 Å². The normalized spacial score (nSPS) is 13.6. The molecule has 0 saturated carbocycles. The van der Waals surface area contributed by atoms with Gasteiger partial charge in [0.05, 0.1) is 16.0 Å². The molecule has 0 aliphatic rings. The molecule has 1 aromatic heterocycles. The van der Waals surface area contributed by atoms with Crippen LogP contribution in [0.5, 0.6) is 5.75 Å². The molecule has 1 heterocycles. The molecule has 0 fully saturated rings. The van der Waals surface area contributed by atoms with E-state index in [9.17, 15) is 28.6 Å². The summed E-state index contributed by atoms with van der Waals surface area (Å²) < 4.78 is 29.3. The van der Waals surface area contributed by atoms with E-state index in [1.54, 1.807) is 13.8 Å². The lowest BCUT2D eigenvalue weighted by atomic mass is 9.72. The molecule has 0 aliphatic carbocycles. The van der Waals surface area contributed by atoms with Crippen LogP contribution >= 0.6 is 11.6 Å². The van der Waals surface area contributed by atoms with Crippen LogP contribution in [-0.4, -0.2) is 26.7 Å². The monoisotopic (exact) mass is 435 g/mol. The number of carbonyl (C=O) groups excluding carboxylic acids is 1. The lowest BCUT2D eigenvalue weighted by molar-refractivity contribution is -0.145. The average Bonchev–Trinajstić information content (AvgIpc) is 2.94. The third-order valence-electron chi connectivity index (χ3n) is 5.76. The molecule has 1 atom stereocenters. The molecule has 0 aliphatic heterocycles. The number of phenols is 1. The fourth-order valence-electron chi connectivity index (χ4n) is 3.74. The highest BCUT2D eigenvalue weighted by Crippen LogP contribution is 2.42. The first-order valence-electron chi connectivity index (χ1n) is 9.18. The number of aliphatic carboxylic acids is 1. The van der Waals surface area contributed by atoms with E-state index in [4.69, 9.17) is 11.6 Å². The van der Waals surface area contributed by atoms with Crippen molar-refractivity contribution in [1.29, 1.82) is 0 Å². The summed E-state index contributed by atoms with van der Waals surface area (Å²) in [6.45, 7) is 6.49. The van der Waals surface area contributed by atoms with Crippen molar-refractivity contribution < 1.29 is 28.6 Å². The van der Waals surface area contributed by atoms with Gasteiger partial charge < -0.3 is 10.2 Å². The Kier molecular flexibility index (Phi) is 5.37. The van der Waals surface area contributed by atoms with Crippen molar-refractivity contribution in [2.75, 3.05) is 0 Å². The second-order valence-corrected chi connectivity index (χ2v) is 8.12. The zero-order valence-corrected chi connectivity index (χ0v) is 17.5. The molecule has 3 aromatic rings. The van der Waals surface area contributed by atoms with Crippen molar-refractivity contribution in [3.63, 3.8) is 0 Å². The second-order valence-electron chi connectivity index (χ2n) is 7.71. The number of nitrogens with zero attached hydrogens (tertiary/aromatic N) is 1. The molecule has 0 radical (unpaired) electrons. The summed E-state index contributed by atoms with van der Waals surface area (Å²) >= 11 is 5.69. The predicted molar refractivity (Wildman–Crippen MR) is 109 cm³/mol. The molecule has 0 unspecified atom stereocenters. The van der Waals surface area contributed by atoms with Gasteiger partial charge in [0.15, 0.2) is 11.6 Å². The maximum Gasteiger partial charge on any atom is 0.314 e. The summed E-state index contributed by atoms with van der Waals surface area (Å²) in [5.74, 6) is -4.64. The number of hydrogen-bond acceptors (Lipinski definition) is 3. The molecule has 0 spiro atoms. The minimum absolute atomic E-state index is 0.0430. The van der Waals surface area contributed by atoms with Crippen LogP contribution in [0.2, 0.25) is 5.02 Å². The number of hydrogen-bond donors (Lipinski definition) is 2. The Hall–Kier alpha value is -2.93. The smallest absolute Gasteiger partial charge is 0.314 e. The summed E-state index contributed by atoms with van der Waals surface area (Å²) in [6, 6.07) is 5.60. The van der Waals surface area contributed by atoms with Gasteiger partial charge in [-0.05, 0) is 49.6 Å².